The van der Waals surface area contributed by atoms with Gasteiger partial charge in [0.05, 0.1) is 19.3 Å². The summed E-state index contributed by atoms with van der Waals surface area (Å²) >= 11 is 1.17. The number of fused-ring (bicyclic) bond motifs is 1. The van der Waals surface area contributed by atoms with E-state index in [1.165, 1.54) is 31.1 Å². The molecular formula is C22H30N2O5S2. The van der Waals surface area contributed by atoms with E-state index >= 15 is 0 Å². The van der Waals surface area contributed by atoms with E-state index in [0.717, 1.165) is 36.4 Å². The van der Waals surface area contributed by atoms with Crippen LogP contribution in [-0.4, -0.2) is 59.2 Å². The van der Waals surface area contributed by atoms with Crippen molar-refractivity contribution in [2.24, 2.45) is 0 Å². The summed E-state index contributed by atoms with van der Waals surface area (Å²) in [5, 5.41) is 0. The highest BCUT2D eigenvalue weighted by molar-refractivity contribution is 7.91. The van der Waals surface area contributed by atoms with Crippen molar-refractivity contribution in [1.29, 1.82) is 0 Å². The molecule has 2 heterocycles. The van der Waals surface area contributed by atoms with Crippen LogP contribution in [0.5, 0.6) is 0 Å². The summed E-state index contributed by atoms with van der Waals surface area (Å²) in [4.78, 5) is 15.7. The second-order valence-electron chi connectivity index (χ2n) is 7.75. The van der Waals surface area contributed by atoms with Crippen LogP contribution >= 0.6 is 11.3 Å². The number of ether oxygens (including phenoxy) is 2. The van der Waals surface area contributed by atoms with E-state index in [2.05, 4.69) is 21.8 Å². The van der Waals surface area contributed by atoms with Gasteiger partial charge in [0.2, 0.25) is 0 Å². The monoisotopic (exact) mass is 466 g/mol. The number of aryl methyl sites for hydroxylation is 1. The Kier molecular flexibility index (Phi) is 8.23. The molecule has 9 heteroatoms. The van der Waals surface area contributed by atoms with Crippen molar-refractivity contribution >= 4 is 27.3 Å². The van der Waals surface area contributed by atoms with E-state index in [9.17, 15) is 13.2 Å². The number of methoxy groups -OCH3 is 2. The second kappa shape index (κ2) is 10.7. The Labute approximate surface area is 188 Å². The van der Waals surface area contributed by atoms with Crippen molar-refractivity contribution < 1.29 is 22.7 Å². The first-order valence-corrected chi connectivity index (χ1v) is 12.7. The van der Waals surface area contributed by atoms with Crippen LogP contribution in [0.4, 0.5) is 0 Å². The highest BCUT2D eigenvalue weighted by Gasteiger charge is 2.34. The summed E-state index contributed by atoms with van der Waals surface area (Å²) in [6.07, 6.45) is 2.66. The molecule has 1 N–H and O–H groups in total. The fraction of sp³-hybridized carbons (Fsp3) is 0.500. The number of nitrogens with one attached hydrogen (secondary N) is 1. The normalized spacial score (nSPS) is 15.5. The lowest BCUT2D eigenvalue weighted by molar-refractivity contribution is 0.0595. The Morgan fingerprint density at radius 3 is 2.68 bits per heavy atom. The molecule has 1 aromatic heterocycles. The first kappa shape index (κ1) is 23.9. The van der Waals surface area contributed by atoms with Crippen LogP contribution in [0, 0.1) is 0 Å². The van der Waals surface area contributed by atoms with E-state index in [1.807, 2.05) is 18.2 Å². The highest BCUT2D eigenvalue weighted by Crippen LogP contribution is 2.36. The van der Waals surface area contributed by atoms with E-state index in [0.29, 0.717) is 13.0 Å². The average Bonchev–Trinajstić information content (AvgIpc) is 3.13. The summed E-state index contributed by atoms with van der Waals surface area (Å²) in [6, 6.07) is 9.96. The Balaban J connectivity index is 1.76. The Morgan fingerprint density at radius 2 is 2.00 bits per heavy atom. The number of sulfonamides is 1. The van der Waals surface area contributed by atoms with Crippen molar-refractivity contribution in [2.45, 2.75) is 43.0 Å². The van der Waals surface area contributed by atoms with Gasteiger partial charge in [-0.3, -0.25) is 4.90 Å². The van der Waals surface area contributed by atoms with Gasteiger partial charge in [0.25, 0.3) is 10.0 Å². The molecule has 0 aliphatic carbocycles. The van der Waals surface area contributed by atoms with Crippen LogP contribution in [0.25, 0.3) is 0 Å². The first-order chi connectivity index (χ1) is 14.9. The van der Waals surface area contributed by atoms with Crippen molar-refractivity contribution in [3.8, 4) is 0 Å². The number of esters is 1. The van der Waals surface area contributed by atoms with Gasteiger partial charge < -0.3 is 9.47 Å². The largest absolute Gasteiger partial charge is 0.465 e. The number of carbonyl (C=O) groups excluding carboxylic acids is 1. The molecule has 0 saturated heterocycles. The van der Waals surface area contributed by atoms with Crippen LogP contribution in [0.3, 0.4) is 0 Å². The number of carbonyl (C=O) groups is 1. The van der Waals surface area contributed by atoms with Gasteiger partial charge in [0.1, 0.15) is 4.21 Å². The zero-order valence-corrected chi connectivity index (χ0v) is 19.9. The lowest BCUT2D eigenvalue weighted by Gasteiger charge is -2.27. The highest BCUT2D eigenvalue weighted by atomic mass is 32.2. The Morgan fingerprint density at radius 1 is 1.26 bits per heavy atom. The lowest BCUT2D eigenvalue weighted by Crippen LogP contribution is -2.36. The fourth-order valence-electron chi connectivity index (χ4n) is 3.87. The van der Waals surface area contributed by atoms with E-state index < -0.39 is 22.0 Å². The molecular weight excluding hydrogens is 436 g/mol. The van der Waals surface area contributed by atoms with Gasteiger partial charge in [-0.05, 0) is 43.9 Å². The number of rotatable bonds is 10. The quantitative estimate of drug-likeness (QED) is 0.542. The predicted molar refractivity (Wildman–Crippen MR) is 121 cm³/mol. The van der Waals surface area contributed by atoms with Crippen LogP contribution < -0.4 is 4.72 Å². The SMILES string of the molecule is COCC(C)NS(=O)(=O)c1sc2c(c1C(=O)OC)CCN(CCCc1ccccc1)C2. The Hall–Kier alpha value is -1.78. The molecule has 7 nitrogen and oxygen atoms in total. The third-order valence-corrected chi connectivity index (χ3v) is 8.62. The maximum absolute atomic E-state index is 13.0. The molecule has 31 heavy (non-hydrogen) atoms. The van der Waals surface area contributed by atoms with Gasteiger partial charge in [-0.1, -0.05) is 30.3 Å². The minimum Gasteiger partial charge on any atom is -0.465 e. The molecule has 0 fully saturated rings. The van der Waals surface area contributed by atoms with E-state index in [-0.39, 0.29) is 16.4 Å². The summed E-state index contributed by atoms with van der Waals surface area (Å²) in [5.41, 5.74) is 2.30. The van der Waals surface area contributed by atoms with E-state index in [1.54, 1.807) is 6.92 Å². The first-order valence-electron chi connectivity index (χ1n) is 10.4. The number of hydrogen-bond donors (Lipinski definition) is 1. The molecule has 0 spiro atoms. The van der Waals surface area contributed by atoms with Crippen LogP contribution in [-0.2, 0) is 38.9 Å². The van der Waals surface area contributed by atoms with Crippen molar-refractivity contribution in [3.63, 3.8) is 0 Å². The molecule has 1 aromatic carbocycles. The van der Waals surface area contributed by atoms with Gasteiger partial charge >= 0.3 is 5.97 Å². The summed E-state index contributed by atoms with van der Waals surface area (Å²) in [6.45, 7) is 4.32. The van der Waals surface area contributed by atoms with Crippen LogP contribution in [0.2, 0.25) is 0 Å². The van der Waals surface area contributed by atoms with Crippen molar-refractivity contribution in [3.05, 3.63) is 51.9 Å². The van der Waals surface area contributed by atoms with E-state index in [4.69, 9.17) is 9.47 Å². The molecule has 170 valence electrons. The number of benzene rings is 1. The molecule has 1 atom stereocenters. The van der Waals surface area contributed by atoms with Crippen molar-refractivity contribution in [1.82, 2.24) is 9.62 Å². The van der Waals surface area contributed by atoms with Crippen LogP contribution in [0.15, 0.2) is 34.5 Å². The zero-order chi connectivity index (χ0) is 22.4. The summed E-state index contributed by atoms with van der Waals surface area (Å²) in [5.74, 6) is -0.602. The summed E-state index contributed by atoms with van der Waals surface area (Å²) < 4.78 is 38.6. The molecule has 0 bridgehead atoms. The second-order valence-corrected chi connectivity index (χ2v) is 10.8. The minimum atomic E-state index is -3.86. The van der Waals surface area contributed by atoms with Gasteiger partial charge in [0, 0.05) is 31.1 Å². The molecule has 0 saturated carbocycles. The van der Waals surface area contributed by atoms with Gasteiger partial charge in [-0.2, -0.15) is 0 Å². The van der Waals surface area contributed by atoms with Gasteiger partial charge in [-0.15, -0.1) is 11.3 Å². The summed E-state index contributed by atoms with van der Waals surface area (Å²) in [7, 11) is -1.07. The van der Waals surface area contributed by atoms with Crippen LogP contribution in [0.1, 0.15) is 39.7 Å². The van der Waals surface area contributed by atoms with Gasteiger partial charge in [0.15, 0.2) is 0 Å². The molecule has 1 aliphatic heterocycles. The predicted octanol–water partition coefficient (Wildman–Crippen LogP) is 2.84. The molecule has 0 amide bonds. The Bertz CT molecular complexity index is 989. The standard InChI is InChI=1S/C22H30N2O5S2/c1-16(15-28-2)23-31(26,27)22-20(21(25)29-3)18-11-13-24(14-19(18)30-22)12-7-10-17-8-5-4-6-9-17/h4-6,8-9,16,23H,7,10-15H2,1-3H3. The zero-order valence-electron chi connectivity index (χ0n) is 18.2. The number of hydrogen-bond acceptors (Lipinski definition) is 7. The third-order valence-electron chi connectivity index (χ3n) is 5.29. The molecule has 1 aliphatic rings. The van der Waals surface area contributed by atoms with Crippen molar-refractivity contribution in [2.75, 3.05) is 33.9 Å². The maximum atomic E-state index is 13.0. The maximum Gasteiger partial charge on any atom is 0.340 e. The molecule has 2 aromatic rings. The third kappa shape index (κ3) is 5.93. The molecule has 3 rings (SSSR count). The average molecular weight is 467 g/mol. The smallest absolute Gasteiger partial charge is 0.340 e. The lowest BCUT2D eigenvalue weighted by atomic mass is 10.0. The molecule has 1 unspecified atom stereocenters. The topological polar surface area (TPSA) is 84.9 Å². The molecule has 0 radical (unpaired) electrons. The minimum absolute atomic E-state index is 0.0402. The number of nitrogens with zero attached hydrogens (tertiary/aromatic N) is 1. The fourth-order valence-corrected chi connectivity index (χ4v) is 7.05. The van der Waals surface area contributed by atoms with Gasteiger partial charge in [-0.25, -0.2) is 17.9 Å². The number of thiophene rings is 1.